The zero-order valence-corrected chi connectivity index (χ0v) is 12.6. The number of aryl methyl sites for hydroxylation is 1. The van der Waals surface area contributed by atoms with Crippen LogP contribution in [0.1, 0.15) is 31.0 Å². The smallest absolute Gasteiger partial charge is 0.129 e. The number of nitrogens with one attached hydrogen (secondary N) is 1. The average molecular weight is 295 g/mol. The van der Waals surface area contributed by atoms with Gasteiger partial charge in [-0.1, -0.05) is 11.6 Å². The molecule has 0 bridgehead atoms. The highest BCUT2D eigenvalue weighted by molar-refractivity contribution is 6.29. The van der Waals surface area contributed by atoms with E-state index in [1.54, 1.807) is 24.0 Å². The van der Waals surface area contributed by atoms with E-state index in [1.165, 1.54) is 0 Å². The van der Waals surface area contributed by atoms with Gasteiger partial charge in [-0.05, 0) is 31.5 Å². The zero-order valence-electron chi connectivity index (χ0n) is 11.8. The average Bonchev–Trinajstić information content (AvgIpc) is 2.83. The first kappa shape index (κ1) is 15.0. The fourth-order valence-electron chi connectivity index (χ4n) is 1.96. The summed E-state index contributed by atoms with van der Waals surface area (Å²) in [5, 5.41) is 18.3. The minimum absolute atomic E-state index is 0.0682. The molecule has 2 N–H and O–H groups in total. The SMILES string of the molecule is CC(NCC(C)(O)c1cnn(C)c1)c1ccnc(Cl)c1. The third-order valence-corrected chi connectivity index (χ3v) is 3.54. The summed E-state index contributed by atoms with van der Waals surface area (Å²) >= 11 is 5.88. The van der Waals surface area contributed by atoms with Crippen LogP contribution in [0.4, 0.5) is 0 Å². The highest BCUT2D eigenvalue weighted by Gasteiger charge is 2.25. The maximum Gasteiger partial charge on any atom is 0.129 e. The standard InChI is InChI=1S/C14H19ClN4O/c1-10(11-4-5-16-13(15)6-11)17-9-14(2,20)12-7-18-19(3)8-12/h4-8,10,17,20H,9H2,1-3H3. The summed E-state index contributed by atoms with van der Waals surface area (Å²) in [6.07, 6.45) is 5.17. The van der Waals surface area contributed by atoms with Gasteiger partial charge in [0.1, 0.15) is 10.8 Å². The van der Waals surface area contributed by atoms with Crippen LogP contribution in [-0.4, -0.2) is 26.4 Å². The molecule has 108 valence electrons. The number of pyridine rings is 1. The third-order valence-electron chi connectivity index (χ3n) is 3.33. The summed E-state index contributed by atoms with van der Waals surface area (Å²) in [6.45, 7) is 4.20. The lowest BCUT2D eigenvalue weighted by molar-refractivity contribution is 0.0543. The van der Waals surface area contributed by atoms with Crippen molar-refractivity contribution in [2.75, 3.05) is 6.54 Å². The van der Waals surface area contributed by atoms with Crippen molar-refractivity contribution in [1.29, 1.82) is 0 Å². The van der Waals surface area contributed by atoms with Crippen molar-refractivity contribution in [3.05, 3.63) is 47.0 Å². The van der Waals surface area contributed by atoms with Crippen molar-refractivity contribution in [2.24, 2.45) is 7.05 Å². The Hall–Kier alpha value is -1.43. The number of halogens is 1. The van der Waals surface area contributed by atoms with Gasteiger partial charge in [0, 0.05) is 37.6 Å². The van der Waals surface area contributed by atoms with Gasteiger partial charge in [-0.2, -0.15) is 5.10 Å². The second-order valence-corrected chi connectivity index (χ2v) is 5.58. The summed E-state index contributed by atoms with van der Waals surface area (Å²) in [5.74, 6) is 0. The molecule has 2 atom stereocenters. The van der Waals surface area contributed by atoms with E-state index in [9.17, 15) is 5.11 Å². The Labute approximate surface area is 123 Å². The van der Waals surface area contributed by atoms with Crippen LogP contribution in [0.3, 0.4) is 0 Å². The molecule has 2 aromatic heterocycles. The molecule has 0 amide bonds. The fraction of sp³-hybridized carbons (Fsp3) is 0.429. The van der Waals surface area contributed by atoms with Crippen LogP contribution >= 0.6 is 11.6 Å². The molecule has 0 spiro atoms. The maximum atomic E-state index is 10.5. The number of nitrogens with zero attached hydrogens (tertiary/aromatic N) is 3. The molecule has 0 radical (unpaired) electrons. The molecule has 0 aromatic carbocycles. The largest absolute Gasteiger partial charge is 0.384 e. The minimum Gasteiger partial charge on any atom is -0.384 e. The first-order valence-electron chi connectivity index (χ1n) is 6.45. The molecular formula is C14H19ClN4O. The van der Waals surface area contributed by atoms with Gasteiger partial charge in [0.2, 0.25) is 0 Å². The molecule has 2 unspecified atom stereocenters. The van der Waals surface area contributed by atoms with Crippen LogP contribution in [0.25, 0.3) is 0 Å². The third kappa shape index (κ3) is 3.56. The molecule has 0 aliphatic heterocycles. The summed E-state index contributed by atoms with van der Waals surface area (Å²) in [5.41, 5.74) is 0.846. The van der Waals surface area contributed by atoms with E-state index in [4.69, 9.17) is 11.6 Å². The Morgan fingerprint density at radius 1 is 1.55 bits per heavy atom. The van der Waals surface area contributed by atoms with Gasteiger partial charge in [-0.3, -0.25) is 4.68 Å². The van der Waals surface area contributed by atoms with E-state index in [1.807, 2.05) is 32.3 Å². The number of aromatic nitrogens is 3. The summed E-state index contributed by atoms with van der Waals surface area (Å²) in [4.78, 5) is 3.96. The van der Waals surface area contributed by atoms with Gasteiger partial charge >= 0.3 is 0 Å². The lowest BCUT2D eigenvalue weighted by Gasteiger charge is -2.25. The van der Waals surface area contributed by atoms with Crippen molar-refractivity contribution >= 4 is 11.6 Å². The number of hydrogen-bond donors (Lipinski definition) is 2. The molecule has 0 aliphatic carbocycles. The molecule has 6 heteroatoms. The van der Waals surface area contributed by atoms with Crippen molar-refractivity contribution in [3.8, 4) is 0 Å². The molecule has 2 aromatic rings. The predicted molar refractivity (Wildman–Crippen MR) is 78.4 cm³/mol. The van der Waals surface area contributed by atoms with Crippen LogP contribution in [0.5, 0.6) is 0 Å². The van der Waals surface area contributed by atoms with Gasteiger partial charge in [0.05, 0.1) is 6.20 Å². The van der Waals surface area contributed by atoms with Gasteiger partial charge in [-0.25, -0.2) is 4.98 Å². The van der Waals surface area contributed by atoms with E-state index in [2.05, 4.69) is 15.4 Å². The molecule has 0 saturated heterocycles. The first-order chi connectivity index (χ1) is 9.38. The normalized spacial score (nSPS) is 15.8. The summed E-state index contributed by atoms with van der Waals surface area (Å²) in [7, 11) is 1.83. The van der Waals surface area contributed by atoms with Gasteiger partial charge < -0.3 is 10.4 Å². The molecule has 0 saturated carbocycles. The quantitative estimate of drug-likeness (QED) is 0.828. The van der Waals surface area contributed by atoms with Crippen molar-refractivity contribution in [2.45, 2.75) is 25.5 Å². The molecule has 0 fully saturated rings. The van der Waals surface area contributed by atoms with Crippen LogP contribution < -0.4 is 5.32 Å². The van der Waals surface area contributed by atoms with Gasteiger partial charge in [0.15, 0.2) is 0 Å². The van der Waals surface area contributed by atoms with Gasteiger partial charge in [0.25, 0.3) is 0 Å². The van der Waals surface area contributed by atoms with Crippen LogP contribution in [0, 0.1) is 0 Å². The Morgan fingerprint density at radius 2 is 2.30 bits per heavy atom. The molecule has 2 rings (SSSR count). The van der Waals surface area contributed by atoms with E-state index in [0.717, 1.165) is 11.1 Å². The second kappa shape index (κ2) is 5.91. The topological polar surface area (TPSA) is 63.0 Å². The fourth-order valence-corrected chi connectivity index (χ4v) is 2.14. The van der Waals surface area contributed by atoms with Crippen LogP contribution in [0.15, 0.2) is 30.7 Å². The van der Waals surface area contributed by atoms with Gasteiger partial charge in [-0.15, -0.1) is 0 Å². The molecule has 20 heavy (non-hydrogen) atoms. The minimum atomic E-state index is -0.973. The molecule has 5 nitrogen and oxygen atoms in total. The number of rotatable bonds is 5. The Bertz CT molecular complexity index is 582. The highest BCUT2D eigenvalue weighted by atomic mass is 35.5. The zero-order chi connectivity index (χ0) is 14.8. The van der Waals surface area contributed by atoms with E-state index in [0.29, 0.717) is 11.7 Å². The Balaban J connectivity index is 2.01. The predicted octanol–water partition coefficient (Wildman–Crippen LogP) is 2.03. The van der Waals surface area contributed by atoms with Crippen molar-refractivity contribution in [3.63, 3.8) is 0 Å². The lowest BCUT2D eigenvalue weighted by Crippen LogP contribution is -2.36. The molecular weight excluding hydrogens is 276 g/mol. The van der Waals surface area contributed by atoms with E-state index in [-0.39, 0.29) is 6.04 Å². The first-order valence-corrected chi connectivity index (χ1v) is 6.82. The molecule has 2 heterocycles. The summed E-state index contributed by atoms with van der Waals surface area (Å²) in [6, 6.07) is 3.79. The van der Waals surface area contributed by atoms with Crippen LogP contribution in [-0.2, 0) is 12.6 Å². The van der Waals surface area contributed by atoms with Crippen molar-refractivity contribution < 1.29 is 5.11 Å². The maximum absolute atomic E-state index is 10.5. The lowest BCUT2D eigenvalue weighted by atomic mass is 9.99. The molecule has 0 aliphatic rings. The Morgan fingerprint density at radius 3 is 2.90 bits per heavy atom. The van der Waals surface area contributed by atoms with Crippen molar-refractivity contribution in [1.82, 2.24) is 20.1 Å². The Kier molecular flexibility index (Phi) is 4.42. The monoisotopic (exact) mass is 294 g/mol. The highest BCUT2D eigenvalue weighted by Crippen LogP contribution is 2.21. The van der Waals surface area contributed by atoms with E-state index < -0.39 is 5.60 Å². The van der Waals surface area contributed by atoms with Crippen LogP contribution in [0.2, 0.25) is 5.15 Å². The van der Waals surface area contributed by atoms with E-state index >= 15 is 0 Å². The second-order valence-electron chi connectivity index (χ2n) is 5.19. The number of hydrogen-bond acceptors (Lipinski definition) is 4. The summed E-state index contributed by atoms with van der Waals surface area (Å²) < 4.78 is 1.68. The number of aliphatic hydroxyl groups is 1.